The van der Waals surface area contributed by atoms with E-state index in [2.05, 4.69) is 17.6 Å². The molecule has 19 heavy (non-hydrogen) atoms. The van der Waals surface area contributed by atoms with E-state index in [-0.39, 0.29) is 11.9 Å². The van der Waals surface area contributed by atoms with Crippen LogP contribution in [-0.2, 0) is 4.79 Å². The van der Waals surface area contributed by atoms with Crippen molar-refractivity contribution in [2.24, 2.45) is 5.92 Å². The molecule has 2 aliphatic rings. The van der Waals surface area contributed by atoms with Crippen LogP contribution in [0.25, 0.3) is 0 Å². The van der Waals surface area contributed by atoms with Gasteiger partial charge in [0.15, 0.2) is 0 Å². The molecule has 0 heterocycles. The zero-order chi connectivity index (χ0) is 13.7. The van der Waals surface area contributed by atoms with Crippen molar-refractivity contribution in [3.63, 3.8) is 0 Å². The Morgan fingerprint density at radius 2 is 1.79 bits per heavy atom. The third-order valence-electron chi connectivity index (χ3n) is 4.94. The summed E-state index contributed by atoms with van der Waals surface area (Å²) in [4.78, 5) is 12.2. The maximum Gasteiger partial charge on any atom is 0.237 e. The first-order chi connectivity index (χ1) is 9.19. The Morgan fingerprint density at radius 1 is 1.11 bits per heavy atom. The predicted octanol–water partition coefficient (Wildman–Crippen LogP) is 2.99. The van der Waals surface area contributed by atoms with Crippen LogP contribution in [0.1, 0.15) is 71.6 Å². The van der Waals surface area contributed by atoms with Crippen LogP contribution in [0.4, 0.5) is 0 Å². The van der Waals surface area contributed by atoms with Gasteiger partial charge in [-0.25, -0.2) is 0 Å². The summed E-state index contributed by atoms with van der Waals surface area (Å²) >= 11 is 0. The molecule has 0 bridgehead atoms. The second kappa shape index (κ2) is 7.28. The van der Waals surface area contributed by atoms with E-state index in [1.165, 1.54) is 57.8 Å². The highest BCUT2D eigenvalue weighted by Crippen LogP contribution is 2.26. The van der Waals surface area contributed by atoms with E-state index in [4.69, 9.17) is 0 Å². The lowest BCUT2D eigenvalue weighted by Crippen LogP contribution is -2.49. The van der Waals surface area contributed by atoms with Gasteiger partial charge in [-0.1, -0.05) is 39.0 Å². The molecular formula is C16H30N2O. The van der Waals surface area contributed by atoms with Crippen LogP contribution >= 0.6 is 0 Å². The van der Waals surface area contributed by atoms with Gasteiger partial charge in [0.25, 0.3) is 0 Å². The van der Waals surface area contributed by atoms with Crippen molar-refractivity contribution >= 4 is 5.91 Å². The minimum absolute atomic E-state index is 0.0405. The van der Waals surface area contributed by atoms with E-state index in [0.717, 1.165) is 5.92 Å². The Labute approximate surface area is 117 Å². The van der Waals surface area contributed by atoms with Gasteiger partial charge < -0.3 is 10.6 Å². The third-order valence-corrected chi connectivity index (χ3v) is 4.94. The molecule has 0 spiro atoms. The number of amides is 1. The molecule has 3 unspecified atom stereocenters. The van der Waals surface area contributed by atoms with Gasteiger partial charge in [-0.05, 0) is 38.5 Å². The molecule has 3 nitrogen and oxygen atoms in total. The highest BCUT2D eigenvalue weighted by atomic mass is 16.2. The summed E-state index contributed by atoms with van der Waals surface area (Å²) in [5.74, 6) is 1.06. The molecule has 2 aliphatic carbocycles. The molecule has 3 heteroatoms. The van der Waals surface area contributed by atoms with Gasteiger partial charge in [-0.15, -0.1) is 0 Å². The fourth-order valence-electron chi connectivity index (χ4n) is 3.64. The van der Waals surface area contributed by atoms with Crippen molar-refractivity contribution < 1.29 is 4.79 Å². The van der Waals surface area contributed by atoms with Crippen LogP contribution < -0.4 is 10.6 Å². The standard InChI is InChI=1S/C16H30N2O/c1-3-13-7-6-10-15(11-13)17-12(2)16(19)18-14-8-4-5-9-14/h12-15,17H,3-11H2,1-2H3,(H,18,19). The molecule has 0 aromatic carbocycles. The summed E-state index contributed by atoms with van der Waals surface area (Å²) in [6.45, 7) is 4.29. The van der Waals surface area contributed by atoms with Gasteiger partial charge in [-0.3, -0.25) is 4.79 Å². The molecule has 110 valence electrons. The summed E-state index contributed by atoms with van der Waals surface area (Å²) in [6, 6.07) is 0.940. The van der Waals surface area contributed by atoms with Crippen LogP contribution in [0, 0.1) is 5.92 Å². The van der Waals surface area contributed by atoms with Gasteiger partial charge in [0.1, 0.15) is 0 Å². The van der Waals surface area contributed by atoms with E-state index in [1.54, 1.807) is 0 Å². The average molecular weight is 266 g/mol. The number of carbonyl (C=O) groups excluding carboxylic acids is 1. The third kappa shape index (κ3) is 4.48. The van der Waals surface area contributed by atoms with Crippen LogP contribution in [0.3, 0.4) is 0 Å². The molecule has 2 N–H and O–H groups in total. The normalized spacial score (nSPS) is 30.2. The molecule has 0 aromatic rings. The SMILES string of the molecule is CCC1CCCC(NC(C)C(=O)NC2CCCC2)C1. The fourth-order valence-corrected chi connectivity index (χ4v) is 3.64. The molecule has 3 atom stereocenters. The van der Waals surface area contributed by atoms with Crippen molar-refractivity contribution in [3.8, 4) is 0 Å². The molecule has 2 rings (SSSR count). The monoisotopic (exact) mass is 266 g/mol. The maximum absolute atomic E-state index is 12.2. The number of rotatable bonds is 5. The second-order valence-electron chi connectivity index (χ2n) is 6.52. The van der Waals surface area contributed by atoms with E-state index in [9.17, 15) is 4.79 Å². The van der Waals surface area contributed by atoms with Crippen molar-refractivity contribution in [1.29, 1.82) is 0 Å². The molecule has 0 aromatic heterocycles. The van der Waals surface area contributed by atoms with Crippen LogP contribution in [0.15, 0.2) is 0 Å². The van der Waals surface area contributed by atoms with E-state index in [1.807, 2.05) is 6.92 Å². The molecule has 1 amide bonds. The maximum atomic E-state index is 12.2. The zero-order valence-corrected chi connectivity index (χ0v) is 12.6. The first-order valence-electron chi connectivity index (χ1n) is 8.25. The second-order valence-corrected chi connectivity index (χ2v) is 6.52. The first kappa shape index (κ1) is 14.8. The minimum atomic E-state index is -0.0405. The highest BCUT2D eigenvalue weighted by molar-refractivity contribution is 5.81. The number of carbonyl (C=O) groups is 1. The summed E-state index contributed by atoms with van der Waals surface area (Å²) < 4.78 is 0. The van der Waals surface area contributed by atoms with E-state index >= 15 is 0 Å². The summed E-state index contributed by atoms with van der Waals surface area (Å²) in [7, 11) is 0. The quantitative estimate of drug-likeness (QED) is 0.803. The Hall–Kier alpha value is -0.570. The van der Waals surface area contributed by atoms with Crippen molar-refractivity contribution in [1.82, 2.24) is 10.6 Å². The van der Waals surface area contributed by atoms with Gasteiger partial charge >= 0.3 is 0 Å². The number of hydrogen-bond donors (Lipinski definition) is 2. The smallest absolute Gasteiger partial charge is 0.237 e. The van der Waals surface area contributed by atoms with Crippen molar-refractivity contribution in [3.05, 3.63) is 0 Å². The van der Waals surface area contributed by atoms with Gasteiger partial charge in [0.2, 0.25) is 5.91 Å². The molecule has 2 fully saturated rings. The lowest BCUT2D eigenvalue weighted by molar-refractivity contribution is -0.123. The lowest BCUT2D eigenvalue weighted by Gasteiger charge is -2.31. The molecular weight excluding hydrogens is 236 g/mol. The summed E-state index contributed by atoms with van der Waals surface area (Å²) in [5.41, 5.74) is 0. The Kier molecular flexibility index (Phi) is 5.68. The first-order valence-corrected chi connectivity index (χ1v) is 8.25. The number of nitrogens with one attached hydrogen (secondary N) is 2. The largest absolute Gasteiger partial charge is 0.352 e. The zero-order valence-electron chi connectivity index (χ0n) is 12.6. The topological polar surface area (TPSA) is 41.1 Å². The Morgan fingerprint density at radius 3 is 2.47 bits per heavy atom. The summed E-state index contributed by atoms with van der Waals surface area (Å²) in [5, 5.41) is 6.74. The number of hydrogen-bond acceptors (Lipinski definition) is 2. The van der Waals surface area contributed by atoms with E-state index < -0.39 is 0 Å². The minimum Gasteiger partial charge on any atom is -0.352 e. The van der Waals surface area contributed by atoms with Gasteiger partial charge in [0, 0.05) is 12.1 Å². The van der Waals surface area contributed by atoms with Gasteiger partial charge in [-0.2, -0.15) is 0 Å². The van der Waals surface area contributed by atoms with Crippen molar-refractivity contribution in [2.75, 3.05) is 0 Å². The Balaban J connectivity index is 1.72. The molecule has 2 saturated carbocycles. The predicted molar refractivity (Wildman–Crippen MR) is 79.0 cm³/mol. The highest BCUT2D eigenvalue weighted by Gasteiger charge is 2.25. The molecule has 0 radical (unpaired) electrons. The fraction of sp³-hybridized carbons (Fsp3) is 0.938. The van der Waals surface area contributed by atoms with Crippen LogP contribution in [0.2, 0.25) is 0 Å². The lowest BCUT2D eigenvalue weighted by atomic mass is 9.84. The van der Waals surface area contributed by atoms with Crippen molar-refractivity contribution in [2.45, 2.75) is 89.8 Å². The summed E-state index contributed by atoms with van der Waals surface area (Å²) in [6.07, 6.45) is 11.3. The van der Waals surface area contributed by atoms with E-state index in [0.29, 0.717) is 12.1 Å². The molecule has 0 saturated heterocycles. The van der Waals surface area contributed by atoms with Crippen LogP contribution in [-0.4, -0.2) is 24.0 Å². The van der Waals surface area contributed by atoms with Crippen LogP contribution in [0.5, 0.6) is 0 Å². The van der Waals surface area contributed by atoms with Gasteiger partial charge in [0.05, 0.1) is 6.04 Å². The Bertz CT molecular complexity index is 286. The average Bonchev–Trinajstić information content (AvgIpc) is 2.91. The molecule has 0 aliphatic heterocycles.